The molecular formula is C9H21NO2. The van der Waals surface area contributed by atoms with Crippen molar-refractivity contribution in [2.24, 2.45) is 11.7 Å². The van der Waals surface area contributed by atoms with Gasteiger partial charge < -0.3 is 15.2 Å². The molecule has 0 heterocycles. The van der Waals surface area contributed by atoms with E-state index in [1.807, 2.05) is 0 Å². The highest BCUT2D eigenvalue weighted by atomic mass is 16.7. The first kappa shape index (κ1) is 11.9. The molecule has 0 spiro atoms. The van der Waals surface area contributed by atoms with Crippen molar-refractivity contribution in [2.45, 2.75) is 32.5 Å². The van der Waals surface area contributed by atoms with Crippen LogP contribution in [0.15, 0.2) is 0 Å². The normalized spacial score (nSPS) is 13.8. The van der Waals surface area contributed by atoms with Crippen LogP contribution in [0.1, 0.15) is 26.2 Å². The molecular weight excluding hydrogens is 154 g/mol. The van der Waals surface area contributed by atoms with Gasteiger partial charge in [-0.25, -0.2) is 0 Å². The molecule has 0 aliphatic heterocycles. The van der Waals surface area contributed by atoms with Crippen molar-refractivity contribution in [3.05, 3.63) is 0 Å². The van der Waals surface area contributed by atoms with Gasteiger partial charge >= 0.3 is 0 Å². The predicted molar refractivity (Wildman–Crippen MR) is 49.9 cm³/mol. The van der Waals surface area contributed by atoms with Crippen molar-refractivity contribution in [3.8, 4) is 0 Å². The van der Waals surface area contributed by atoms with Crippen LogP contribution in [0.5, 0.6) is 0 Å². The lowest BCUT2D eigenvalue weighted by atomic mass is 9.98. The SMILES string of the molecule is CCC(CCN)CC(OC)OC. The molecule has 0 aromatic heterocycles. The van der Waals surface area contributed by atoms with Gasteiger partial charge in [0, 0.05) is 20.6 Å². The van der Waals surface area contributed by atoms with Crippen molar-refractivity contribution in [3.63, 3.8) is 0 Å². The maximum absolute atomic E-state index is 5.48. The first-order valence-electron chi connectivity index (χ1n) is 4.54. The smallest absolute Gasteiger partial charge is 0.157 e. The highest BCUT2D eigenvalue weighted by Gasteiger charge is 2.12. The van der Waals surface area contributed by atoms with E-state index in [2.05, 4.69) is 6.92 Å². The lowest BCUT2D eigenvalue weighted by Crippen LogP contribution is -2.19. The summed E-state index contributed by atoms with van der Waals surface area (Å²) in [6.07, 6.45) is 3.07. The van der Waals surface area contributed by atoms with Crippen LogP contribution < -0.4 is 5.73 Å². The standard InChI is InChI=1S/C9H21NO2/c1-4-8(5-6-10)7-9(11-2)12-3/h8-9H,4-7,10H2,1-3H3. The summed E-state index contributed by atoms with van der Waals surface area (Å²) in [5.41, 5.74) is 5.48. The average Bonchev–Trinajstić information content (AvgIpc) is 2.12. The van der Waals surface area contributed by atoms with Gasteiger partial charge in [-0.05, 0) is 18.9 Å². The lowest BCUT2D eigenvalue weighted by molar-refractivity contribution is -0.114. The van der Waals surface area contributed by atoms with E-state index < -0.39 is 0 Å². The Morgan fingerprint density at radius 3 is 2.17 bits per heavy atom. The second-order valence-electron chi connectivity index (χ2n) is 2.99. The topological polar surface area (TPSA) is 44.5 Å². The van der Waals surface area contributed by atoms with Crippen LogP contribution in [0.25, 0.3) is 0 Å². The largest absolute Gasteiger partial charge is 0.356 e. The molecule has 0 rings (SSSR count). The molecule has 0 aliphatic rings. The zero-order valence-electron chi connectivity index (χ0n) is 8.38. The third-order valence-corrected chi connectivity index (χ3v) is 2.20. The van der Waals surface area contributed by atoms with E-state index in [0.29, 0.717) is 5.92 Å². The quantitative estimate of drug-likeness (QED) is 0.594. The van der Waals surface area contributed by atoms with Crippen molar-refractivity contribution < 1.29 is 9.47 Å². The molecule has 0 aromatic carbocycles. The summed E-state index contributed by atoms with van der Waals surface area (Å²) in [6.45, 7) is 2.92. The Kier molecular flexibility index (Phi) is 7.45. The molecule has 0 fully saturated rings. The average molecular weight is 175 g/mol. The molecule has 0 saturated carbocycles. The van der Waals surface area contributed by atoms with Gasteiger partial charge in [0.05, 0.1) is 0 Å². The molecule has 0 saturated heterocycles. The van der Waals surface area contributed by atoms with E-state index in [-0.39, 0.29) is 6.29 Å². The monoisotopic (exact) mass is 175 g/mol. The number of hydrogen-bond donors (Lipinski definition) is 1. The van der Waals surface area contributed by atoms with Gasteiger partial charge in [0.15, 0.2) is 6.29 Å². The molecule has 0 aliphatic carbocycles. The Balaban J connectivity index is 3.65. The highest BCUT2D eigenvalue weighted by Crippen LogP contribution is 2.16. The Morgan fingerprint density at radius 1 is 1.25 bits per heavy atom. The van der Waals surface area contributed by atoms with Gasteiger partial charge in [-0.2, -0.15) is 0 Å². The van der Waals surface area contributed by atoms with Crippen molar-refractivity contribution >= 4 is 0 Å². The molecule has 1 unspecified atom stereocenters. The Morgan fingerprint density at radius 2 is 1.83 bits per heavy atom. The van der Waals surface area contributed by atoms with Gasteiger partial charge in [-0.1, -0.05) is 13.3 Å². The van der Waals surface area contributed by atoms with E-state index in [4.69, 9.17) is 15.2 Å². The summed E-state index contributed by atoms with van der Waals surface area (Å²) < 4.78 is 10.2. The Bertz CT molecular complexity index is 94.5. The van der Waals surface area contributed by atoms with E-state index >= 15 is 0 Å². The van der Waals surface area contributed by atoms with Gasteiger partial charge in [-0.3, -0.25) is 0 Å². The number of nitrogens with two attached hydrogens (primary N) is 1. The molecule has 0 radical (unpaired) electrons. The fraction of sp³-hybridized carbons (Fsp3) is 1.00. The first-order chi connectivity index (χ1) is 5.78. The highest BCUT2D eigenvalue weighted by molar-refractivity contribution is 4.59. The van der Waals surface area contributed by atoms with Crippen LogP contribution in [0, 0.1) is 5.92 Å². The summed E-state index contributed by atoms with van der Waals surface area (Å²) in [4.78, 5) is 0. The third kappa shape index (κ3) is 4.70. The predicted octanol–water partition coefficient (Wildman–Crippen LogP) is 1.37. The van der Waals surface area contributed by atoms with Crippen molar-refractivity contribution in [1.29, 1.82) is 0 Å². The molecule has 3 nitrogen and oxygen atoms in total. The second-order valence-corrected chi connectivity index (χ2v) is 2.99. The molecule has 3 heteroatoms. The summed E-state index contributed by atoms with van der Waals surface area (Å²) in [7, 11) is 3.34. The zero-order valence-corrected chi connectivity index (χ0v) is 8.38. The number of rotatable bonds is 7. The lowest BCUT2D eigenvalue weighted by Gasteiger charge is -2.19. The molecule has 74 valence electrons. The van der Waals surface area contributed by atoms with Gasteiger partial charge in [-0.15, -0.1) is 0 Å². The number of methoxy groups -OCH3 is 2. The molecule has 0 bridgehead atoms. The molecule has 12 heavy (non-hydrogen) atoms. The van der Waals surface area contributed by atoms with Crippen molar-refractivity contribution in [1.82, 2.24) is 0 Å². The van der Waals surface area contributed by atoms with Crippen LogP contribution in [0.2, 0.25) is 0 Å². The minimum absolute atomic E-state index is 0.0681. The van der Waals surface area contributed by atoms with Crippen LogP contribution in [0.4, 0.5) is 0 Å². The van der Waals surface area contributed by atoms with Crippen molar-refractivity contribution in [2.75, 3.05) is 20.8 Å². The van der Waals surface area contributed by atoms with E-state index in [1.54, 1.807) is 14.2 Å². The summed E-state index contributed by atoms with van der Waals surface area (Å²) in [5, 5.41) is 0. The Labute approximate surface area is 75.2 Å². The van der Waals surface area contributed by atoms with Crippen LogP contribution >= 0.6 is 0 Å². The van der Waals surface area contributed by atoms with E-state index in [1.165, 1.54) is 0 Å². The fourth-order valence-corrected chi connectivity index (χ4v) is 1.29. The fourth-order valence-electron chi connectivity index (χ4n) is 1.29. The summed E-state index contributed by atoms with van der Waals surface area (Å²) in [6, 6.07) is 0. The molecule has 0 aromatic rings. The van der Waals surface area contributed by atoms with Gasteiger partial charge in [0.2, 0.25) is 0 Å². The minimum atomic E-state index is -0.0681. The van der Waals surface area contributed by atoms with Crippen LogP contribution in [-0.4, -0.2) is 27.1 Å². The van der Waals surface area contributed by atoms with E-state index in [0.717, 1.165) is 25.8 Å². The number of hydrogen-bond acceptors (Lipinski definition) is 3. The minimum Gasteiger partial charge on any atom is -0.356 e. The maximum atomic E-state index is 5.48. The summed E-state index contributed by atoms with van der Waals surface area (Å²) >= 11 is 0. The zero-order chi connectivity index (χ0) is 9.40. The molecule has 1 atom stereocenters. The first-order valence-corrected chi connectivity index (χ1v) is 4.54. The van der Waals surface area contributed by atoms with Crippen LogP contribution in [-0.2, 0) is 9.47 Å². The maximum Gasteiger partial charge on any atom is 0.157 e. The molecule has 2 N–H and O–H groups in total. The molecule has 0 amide bonds. The van der Waals surface area contributed by atoms with Gasteiger partial charge in [0.25, 0.3) is 0 Å². The Hall–Kier alpha value is -0.120. The second kappa shape index (κ2) is 7.53. The van der Waals surface area contributed by atoms with E-state index in [9.17, 15) is 0 Å². The summed E-state index contributed by atoms with van der Waals surface area (Å²) in [5.74, 6) is 0.625. The third-order valence-electron chi connectivity index (χ3n) is 2.20. The van der Waals surface area contributed by atoms with Gasteiger partial charge in [0.1, 0.15) is 0 Å². The van der Waals surface area contributed by atoms with Crippen LogP contribution in [0.3, 0.4) is 0 Å². The number of ether oxygens (including phenoxy) is 2.